The van der Waals surface area contributed by atoms with Gasteiger partial charge in [0.05, 0.1) is 13.0 Å². The normalized spacial score (nSPS) is 14.5. The van der Waals surface area contributed by atoms with Gasteiger partial charge in [-0.2, -0.15) is 0 Å². The molecule has 2 rings (SSSR count). The smallest absolute Gasteiger partial charge is 0.0919 e. The average Bonchev–Trinajstić information content (AvgIpc) is 2.64. The second kappa shape index (κ2) is 5.49. The standard InChI is InChI=1S/C4H8N2.C3H4N2/c1-2-5-4-6-3-1;1-2-5-3-4-1/h1-2,5-6H,3-4H2;1-3H,(H,4,5). The predicted molar refractivity (Wildman–Crippen MR) is 43.7 cm³/mol. The second-order valence-corrected chi connectivity index (χ2v) is 2.00. The number of nitrogens with zero attached hydrogens (tertiary/aromatic N) is 1. The minimum atomic E-state index is 0.913. The lowest BCUT2D eigenvalue weighted by atomic mass is 10.5. The van der Waals surface area contributed by atoms with Crippen molar-refractivity contribution in [2.75, 3.05) is 13.2 Å². The van der Waals surface area contributed by atoms with Crippen molar-refractivity contribution in [2.45, 2.75) is 0 Å². The molecule has 0 atom stereocenters. The molecule has 4 nitrogen and oxygen atoms in total. The number of H-pyrrole nitrogens is 1. The molecule has 0 radical (unpaired) electrons. The van der Waals surface area contributed by atoms with Crippen molar-refractivity contribution in [3.8, 4) is 0 Å². The van der Waals surface area contributed by atoms with Crippen LogP contribution in [0.2, 0.25) is 0 Å². The predicted octanol–water partition coefficient (Wildman–Crippen LogP) is 0.0601. The van der Waals surface area contributed by atoms with E-state index < -0.39 is 0 Å². The van der Waals surface area contributed by atoms with Crippen LogP contribution >= 0.6 is 0 Å². The molecule has 0 unspecified atom stereocenters. The highest BCUT2D eigenvalue weighted by Crippen LogP contribution is 1.69. The second-order valence-electron chi connectivity index (χ2n) is 2.00. The first-order valence-electron chi connectivity index (χ1n) is 3.52. The third-order valence-corrected chi connectivity index (χ3v) is 1.13. The fraction of sp³-hybridized carbons (Fsp3) is 0.286. The Morgan fingerprint density at radius 1 is 1.36 bits per heavy atom. The Morgan fingerprint density at radius 3 is 2.55 bits per heavy atom. The van der Waals surface area contributed by atoms with Crippen molar-refractivity contribution in [1.29, 1.82) is 0 Å². The van der Waals surface area contributed by atoms with Crippen molar-refractivity contribution in [3.63, 3.8) is 0 Å². The van der Waals surface area contributed by atoms with E-state index in [-0.39, 0.29) is 0 Å². The van der Waals surface area contributed by atoms with Gasteiger partial charge in [-0.1, -0.05) is 6.08 Å². The van der Waals surface area contributed by atoms with Gasteiger partial charge in [0, 0.05) is 18.9 Å². The zero-order chi connectivity index (χ0) is 7.78. The molecule has 1 aromatic rings. The zero-order valence-electron chi connectivity index (χ0n) is 6.25. The van der Waals surface area contributed by atoms with Gasteiger partial charge in [-0.3, -0.25) is 5.32 Å². The van der Waals surface area contributed by atoms with E-state index >= 15 is 0 Å². The van der Waals surface area contributed by atoms with E-state index in [4.69, 9.17) is 0 Å². The third kappa shape index (κ3) is 4.16. The van der Waals surface area contributed by atoms with Crippen LogP contribution in [0.4, 0.5) is 0 Å². The molecule has 4 heteroatoms. The van der Waals surface area contributed by atoms with E-state index in [1.807, 2.05) is 12.3 Å². The first kappa shape index (κ1) is 7.81. The zero-order valence-corrected chi connectivity index (χ0v) is 6.25. The summed E-state index contributed by atoms with van der Waals surface area (Å²) in [5.74, 6) is 0. The highest BCUT2D eigenvalue weighted by Gasteiger charge is 1.81. The van der Waals surface area contributed by atoms with E-state index in [1.165, 1.54) is 0 Å². The fourth-order valence-electron chi connectivity index (χ4n) is 0.644. The molecule has 0 fully saturated rings. The van der Waals surface area contributed by atoms with Gasteiger partial charge in [0.15, 0.2) is 0 Å². The first-order valence-corrected chi connectivity index (χ1v) is 3.52. The molecule has 1 aliphatic heterocycles. The Hall–Kier alpha value is -1.29. The Morgan fingerprint density at radius 2 is 2.36 bits per heavy atom. The molecule has 60 valence electrons. The number of aromatic nitrogens is 2. The van der Waals surface area contributed by atoms with Crippen molar-refractivity contribution >= 4 is 0 Å². The lowest BCUT2D eigenvalue weighted by Gasteiger charge is -2.05. The third-order valence-electron chi connectivity index (χ3n) is 1.13. The molecule has 2 heterocycles. The van der Waals surface area contributed by atoms with Crippen molar-refractivity contribution in [3.05, 3.63) is 31.0 Å². The minimum Gasteiger partial charge on any atom is -0.379 e. The maximum atomic E-state index is 3.67. The van der Waals surface area contributed by atoms with Crippen LogP contribution in [0.5, 0.6) is 0 Å². The van der Waals surface area contributed by atoms with Gasteiger partial charge in [0.1, 0.15) is 0 Å². The van der Waals surface area contributed by atoms with Gasteiger partial charge < -0.3 is 10.3 Å². The molecule has 11 heavy (non-hydrogen) atoms. The number of hydrogen-bond acceptors (Lipinski definition) is 3. The fourth-order valence-corrected chi connectivity index (χ4v) is 0.644. The van der Waals surface area contributed by atoms with Crippen LogP contribution in [0.15, 0.2) is 31.0 Å². The Balaban J connectivity index is 0.000000112. The van der Waals surface area contributed by atoms with Crippen LogP contribution < -0.4 is 10.6 Å². The molecule has 3 N–H and O–H groups in total. The summed E-state index contributed by atoms with van der Waals surface area (Å²) in [5, 5.41) is 6.08. The Labute approximate surface area is 65.7 Å². The summed E-state index contributed by atoms with van der Waals surface area (Å²) >= 11 is 0. The van der Waals surface area contributed by atoms with E-state index in [2.05, 4.69) is 20.6 Å². The summed E-state index contributed by atoms with van der Waals surface area (Å²) in [6.45, 7) is 1.92. The van der Waals surface area contributed by atoms with Crippen LogP contribution in [-0.2, 0) is 0 Å². The van der Waals surface area contributed by atoms with E-state index in [0.29, 0.717) is 0 Å². The quantitative estimate of drug-likeness (QED) is 0.492. The molecule has 0 saturated heterocycles. The SMILES string of the molecule is C1=CNCNC1.c1c[nH]cn1. The number of imidazole rings is 1. The lowest BCUT2D eigenvalue weighted by Crippen LogP contribution is -2.29. The molecular weight excluding hydrogens is 140 g/mol. The molecule has 0 aliphatic carbocycles. The van der Waals surface area contributed by atoms with Gasteiger partial charge in [-0.15, -0.1) is 0 Å². The van der Waals surface area contributed by atoms with Gasteiger partial charge in [0.2, 0.25) is 0 Å². The van der Waals surface area contributed by atoms with E-state index in [1.54, 1.807) is 18.7 Å². The van der Waals surface area contributed by atoms with E-state index in [9.17, 15) is 0 Å². The summed E-state index contributed by atoms with van der Waals surface area (Å²) in [7, 11) is 0. The molecular formula is C7H12N4. The highest BCUT2D eigenvalue weighted by molar-refractivity contribution is 4.84. The summed E-state index contributed by atoms with van der Waals surface area (Å²) < 4.78 is 0. The maximum absolute atomic E-state index is 3.67. The first-order chi connectivity index (χ1) is 5.50. The van der Waals surface area contributed by atoms with Crippen molar-refractivity contribution < 1.29 is 0 Å². The van der Waals surface area contributed by atoms with Crippen LogP contribution in [0, 0.1) is 0 Å². The summed E-state index contributed by atoms with van der Waals surface area (Å²) in [5.41, 5.74) is 0. The largest absolute Gasteiger partial charge is 0.379 e. The molecule has 0 bridgehead atoms. The molecule has 0 spiro atoms. The summed E-state index contributed by atoms with van der Waals surface area (Å²) in [6, 6.07) is 0. The number of hydrogen-bond donors (Lipinski definition) is 3. The van der Waals surface area contributed by atoms with Gasteiger partial charge in [-0.25, -0.2) is 4.98 Å². The van der Waals surface area contributed by atoms with E-state index in [0.717, 1.165) is 13.2 Å². The summed E-state index contributed by atoms with van der Waals surface area (Å²) in [6.07, 6.45) is 9.08. The molecule has 1 aliphatic rings. The average molecular weight is 152 g/mol. The van der Waals surface area contributed by atoms with Crippen LogP contribution in [-0.4, -0.2) is 23.2 Å². The van der Waals surface area contributed by atoms with Crippen LogP contribution in [0.1, 0.15) is 0 Å². The Kier molecular flexibility index (Phi) is 3.90. The molecule has 0 aromatic carbocycles. The summed E-state index contributed by atoms with van der Waals surface area (Å²) in [4.78, 5) is 6.42. The van der Waals surface area contributed by atoms with Gasteiger partial charge >= 0.3 is 0 Å². The lowest BCUT2D eigenvalue weighted by molar-refractivity contribution is 0.669. The van der Waals surface area contributed by atoms with Crippen molar-refractivity contribution in [2.24, 2.45) is 0 Å². The van der Waals surface area contributed by atoms with Crippen molar-refractivity contribution in [1.82, 2.24) is 20.6 Å². The molecule has 0 amide bonds. The minimum absolute atomic E-state index is 0.913. The highest BCUT2D eigenvalue weighted by atomic mass is 15.1. The maximum Gasteiger partial charge on any atom is 0.0919 e. The Bertz CT molecular complexity index is 155. The van der Waals surface area contributed by atoms with Gasteiger partial charge in [0.25, 0.3) is 0 Å². The number of nitrogens with one attached hydrogen (secondary N) is 3. The monoisotopic (exact) mass is 152 g/mol. The van der Waals surface area contributed by atoms with Crippen LogP contribution in [0.25, 0.3) is 0 Å². The van der Waals surface area contributed by atoms with Crippen LogP contribution in [0.3, 0.4) is 0 Å². The van der Waals surface area contributed by atoms with Gasteiger partial charge in [-0.05, 0) is 6.20 Å². The number of aromatic amines is 1. The topological polar surface area (TPSA) is 52.7 Å². The molecule has 0 saturated carbocycles. The molecule has 1 aromatic heterocycles. The number of rotatable bonds is 0.